The van der Waals surface area contributed by atoms with Crippen LogP contribution in [0, 0.1) is 11.3 Å². The fourth-order valence-corrected chi connectivity index (χ4v) is 4.08. The predicted molar refractivity (Wildman–Crippen MR) is 72.4 cm³/mol. The van der Waals surface area contributed by atoms with Crippen LogP contribution in [-0.2, 0) is 10.0 Å². The van der Waals surface area contributed by atoms with E-state index in [1.54, 1.807) is 0 Å². The minimum absolute atomic E-state index is 0.0577. The highest BCUT2D eigenvalue weighted by Crippen LogP contribution is 2.26. The van der Waals surface area contributed by atoms with E-state index in [4.69, 9.17) is 16.9 Å². The normalized spacial score (nSPS) is 21.0. The molecule has 0 radical (unpaired) electrons. The molecule has 1 N–H and O–H groups in total. The molecule has 102 valence electrons. The van der Waals surface area contributed by atoms with E-state index in [2.05, 4.69) is 5.32 Å². The molecule has 1 saturated heterocycles. The zero-order valence-electron chi connectivity index (χ0n) is 10.4. The topological polar surface area (TPSA) is 73.2 Å². The summed E-state index contributed by atoms with van der Waals surface area (Å²) in [6.07, 6.45) is 0. The molecule has 1 aromatic rings. The minimum Gasteiger partial charge on any atom is -0.312 e. The molecular weight excluding hydrogens is 286 g/mol. The Bertz CT molecular complexity index is 624. The second-order valence-electron chi connectivity index (χ2n) is 4.48. The quantitative estimate of drug-likeness (QED) is 0.890. The first-order valence-corrected chi connectivity index (χ1v) is 7.70. The highest BCUT2D eigenvalue weighted by Gasteiger charge is 2.30. The number of sulfonamides is 1. The van der Waals surface area contributed by atoms with Crippen molar-refractivity contribution in [3.8, 4) is 6.07 Å². The van der Waals surface area contributed by atoms with Gasteiger partial charge in [0.1, 0.15) is 4.90 Å². The van der Waals surface area contributed by atoms with Crippen molar-refractivity contribution in [3.05, 3.63) is 28.8 Å². The molecule has 1 aliphatic rings. The van der Waals surface area contributed by atoms with E-state index in [0.29, 0.717) is 25.2 Å². The van der Waals surface area contributed by atoms with Crippen LogP contribution in [0.5, 0.6) is 0 Å². The Balaban J connectivity index is 2.37. The standard InChI is InChI=1S/C12H14ClN3O2S/c1-9-8-16(5-4-15-9)19(17,18)12-3-2-10(7-14)6-11(12)13/h2-3,6,9,15H,4-5,8H2,1H3/t9-/m0/s1. The van der Waals surface area contributed by atoms with E-state index in [1.165, 1.54) is 22.5 Å². The van der Waals surface area contributed by atoms with E-state index < -0.39 is 10.0 Å². The monoisotopic (exact) mass is 299 g/mol. The fraction of sp³-hybridized carbons (Fsp3) is 0.417. The van der Waals surface area contributed by atoms with E-state index in [1.807, 2.05) is 13.0 Å². The molecule has 7 heteroatoms. The number of hydrogen-bond acceptors (Lipinski definition) is 4. The zero-order chi connectivity index (χ0) is 14.0. The first-order chi connectivity index (χ1) is 8.95. The molecule has 0 amide bonds. The highest BCUT2D eigenvalue weighted by atomic mass is 35.5. The Labute approximate surface area is 117 Å². The highest BCUT2D eigenvalue weighted by molar-refractivity contribution is 7.89. The number of nitriles is 1. The van der Waals surface area contributed by atoms with Crippen molar-refractivity contribution in [2.24, 2.45) is 0 Å². The van der Waals surface area contributed by atoms with E-state index >= 15 is 0 Å². The smallest absolute Gasteiger partial charge is 0.244 e. The molecule has 2 rings (SSSR count). The Hall–Kier alpha value is -1.13. The SMILES string of the molecule is C[C@H]1CN(S(=O)(=O)c2ccc(C#N)cc2Cl)CCN1. The lowest BCUT2D eigenvalue weighted by atomic mass is 10.2. The average molecular weight is 300 g/mol. The summed E-state index contributed by atoms with van der Waals surface area (Å²) >= 11 is 5.98. The summed E-state index contributed by atoms with van der Waals surface area (Å²) in [5.41, 5.74) is 0.345. The van der Waals surface area contributed by atoms with Gasteiger partial charge in [-0.05, 0) is 25.1 Å². The van der Waals surface area contributed by atoms with E-state index in [0.717, 1.165) is 0 Å². The Morgan fingerprint density at radius 1 is 1.53 bits per heavy atom. The van der Waals surface area contributed by atoms with Gasteiger partial charge in [-0.2, -0.15) is 9.57 Å². The first-order valence-electron chi connectivity index (χ1n) is 5.88. The lowest BCUT2D eigenvalue weighted by Gasteiger charge is -2.31. The molecule has 1 atom stereocenters. The first kappa shape index (κ1) is 14.3. The van der Waals surface area contributed by atoms with Crippen LogP contribution in [0.15, 0.2) is 23.1 Å². The van der Waals surface area contributed by atoms with Crippen LogP contribution in [0.1, 0.15) is 12.5 Å². The van der Waals surface area contributed by atoms with E-state index in [-0.39, 0.29) is 16.0 Å². The number of nitrogens with zero attached hydrogens (tertiary/aromatic N) is 2. The predicted octanol–water partition coefficient (Wildman–Crippen LogP) is 1.19. The summed E-state index contributed by atoms with van der Waals surface area (Å²) in [7, 11) is -3.60. The van der Waals surface area contributed by atoms with E-state index in [9.17, 15) is 8.42 Å². The van der Waals surface area contributed by atoms with Crippen molar-refractivity contribution in [1.82, 2.24) is 9.62 Å². The third-order valence-corrected chi connectivity index (χ3v) is 5.36. The van der Waals surface area contributed by atoms with Crippen LogP contribution in [0.3, 0.4) is 0 Å². The lowest BCUT2D eigenvalue weighted by molar-refractivity contribution is 0.310. The molecule has 19 heavy (non-hydrogen) atoms. The maximum absolute atomic E-state index is 12.5. The lowest BCUT2D eigenvalue weighted by Crippen LogP contribution is -2.51. The van der Waals surface area contributed by atoms with Gasteiger partial charge in [0.15, 0.2) is 0 Å². The Morgan fingerprint density at radius 3 is 2.84 bits per heavy atom. The van der Waals surface area contributed by atoms with Gasteiger partial charge in [0.25, 0.3) is 0 Å². The van der Waals surface area contributed by atoms with Crippen LogP contribution in [-0.4, -0.2) is 38.4 Å². The second-order valence-corrected chi connectivity index (χ2v) is 6.79. The van der Waals surface area contributed by atoms with Gasteiger partial charge in [0.2, 0.25) is 10.0 Å². The summed E-state index contributed by atoms with van der Waals surface area (Å²) in [5, 5.41) is 12.0. The average Bonchev–Trinajstić information content (AvgIpc) is 2.38. The molecule has 0 unspecified atom stereocenters. The van der Waals surface area contributed by atoms with Crippen molar-refractivity contribution >= 4 is 21.6 Å². The molecule has 0 spiro atoms. The Kier molecular flexibility index (Phi) is 4.11. The van der Waals surface area contributed by atoms with Gasteiger partial charge in [0, 0.05) is 25.7 Å². The fourth-order valence-electron chi connectivity index (χ4n) is 2.03. The van der Waals surface area contributed by atoms with Crippen molar-refractivity contribution in [2.45, 2.75) is 17.9 Å². The molecule has 0 bridgehead atoms. The number of nitrogens with one attached hydrogen (secondary N) is 1. The van der Waals surface area contributed by atoms with Gasteiger partial charge in [-0.1, -0.05) is 11.6 Å². The summed E-state index contributed by atoms with van der Waals surface area (Å²) in [4.78, 5) is 0.0577. The molecule has 5 nitrogen and oxygen atoms in total. The maximum atomic E-state index is 12.5. The second kappa shape index (κ2) is 5.47. The summed E-state index contributed by atoms with van der Waals surface area (Å²) in [6.45, 7) is 3.39. The van der Waals surface area contributed by atoms with Gasteiger partial charge in [-0.25, -0.2) is 8.42 Å². The van der Waals surface area contributed by atoms with Crippen molar-refractivity contribution in [2.75, 3.05) is 19.6 Å². The molecule has 1 aliphatic heterocycles. The van der Waals surface area contributed by atoms with Crippen LogP contribution in [0.2, 0.25) is 5.02 Å². The van der Waals surface area contributed by atoms with Gasteiger partial charge < -0.3 is 5.32 Å². The summed E-state index contributed by atoms with van der Waals surface area (Å²) in [5.74, 6) is 0. The van der Waals surface area contributed by atoms with Gasteiger partial charge in [-0.15, -0.1) is 0 Å². The molecule has 1 heterocycles. The molecule has 0 aromatic heterocycles. The van der Waals surface area contributed by atoms with Crippen molar-refractivity contribution in [1.29, 1.82) is 5.26 Å². The summed E-state index contributed by atoms with van der Waals surface area (Å²) < 4.78 is 26.4. The van der Waals surface area contributed by atoms with Crippen molar-refractivity contribution in [3.63, 3.8) is 0 Å². The van der Waals surface area contributed by atoms with Gasteiger partial charge in [-0.3, -0.25) is 0 Å². The van der Waals surface area contributed by atoms with Crippen molar-refractivity contribution < 1.29 is 8.42 Å². The molecule has 0 saturated carbocycles. The number of hydrogen-bond donors (Lipinski definition) is 1. The third kappa shape index (κ3) is 2.90. The molecular formula is C12H14ClN3O2S. The van der Waals surface area contributed by atoms with Crippen LogP contribution in [0.25, 0.3) is 0 Å². The summed E-state index contributed by atoms with van der Waals surface area (Å²) in [6, 6.07) is 6.27. The molecule has 1 fully saturated rings. The molecule has 0 aliphatic carbocycles. The number of benzene rings is 1. The Morgan fingerprint density at radius 2 is 2.26 bits per heavy atom. The van der Waals surface area contributed by atoms with Gasteiger partial charge >= 0.3 is 0 Å². The van der Waals surface area contributed by atoms with Gasteiger partial charge in [0.05, 0.1) is 16.7 Å². The largest absolute Gasteiger partial charge is 0.312 e. The number of rotatable bonds is 2. The zero-order valence-corrected chi connectivity index (χ0v) is 12.0. The maximum Gasteiger partial charge on any atom is 0.244 e. The number of halogens is 1. The van der Waals surface area contributed by atoms with Crippen LogP contribution >= 0.6 is 11.6 Å². The van der Waals surface area contributed by atoms with Crippen LogP contribution < -0.4 is 5.32 Å². The number of piperazine rings is 1. The third-order valence-electron chi connectivity index (χ3n) is 3.01. The minimum atomic E-state index is -3.60. The van der Waals surface area contributed by atoms with Crippen LogP contribution in [0.4, 0.5) is 0 Å². The molecule has 1 aromatic carbocycles.